The molecule has 0 saturated heterocycles. The van der Waals surface area contributed by atoms with Gasteiger partial charge in [-0.15, -0.1) is 6.42 Å². The number of terminal acetylenes is 1. The van der Waals surface area contributed by atoms with Crippen molar-refractivity contribution in [1.29, 1.82) is 0 Å². The van der Waals surface area contributed by atoms with Gasteiger partial charge in [-0.3, -0.25) is 9.59 Å². The van der Waals surface area contributed by atoms with Crippen molar-refractivity contribution in [2.75, 3.05) is 27.2 Å². The number of nitrogens with zero attached hydrogens (tertiary/aromatic N) is 2. The first-order valence-corrected chi connectivity index (χ1v) is 9.72. The molecule has 0 radical (unpaired) electrons. The molecule has 1 aliphatic carbocycles. The minimum Gasteiger partial charge on any atom is -0.356 e. The number of nitrogens with one attached hydrogen (secondary N) is 1. The van der Waals surface area contributed by atoms with E-state index < -0.39 is 6.10 Å². The molecule has 28 heavy (non-hydrogen) atoms. The summed E-state index contributed by atoms with van der Waals surface area (Å²) in [5, 5.41) is 2.87. The van der Waals surface area contributed by atoms with Crippen LogP contribution in [0.1, 0.15) is 36.5 Å². The smallest absolute Gasteiger partial charge is 0.249 e. The molecule has 1 atom stereocenters. The number of hydrogen-bond acceptors (Lipinski definition) is 4. The van der Waals surface area contributed by atoms with Gasteiger partial charge in [-0.05, 0) is 50.6 Å². The molecule has 3 rings (SSSR count). The van der Waals surface area contributed by atoms with Crippen molar-refractivity contribution < 1.29 is 14.3 Å². The number of carbonyl (C=O) groups excluding carboxylic acids is 2. The van der Waals surface area contributed by atoms with Gasteiger partial charge in [0.1, 0.15) is 12.7 Å². The Kier molecular flexibility index (Phi) is 6.07. The number of rotatable bonds is 8. The lowest BCUT2D eigenvalue weighted by Crippen LogP contribution is -2.38. The summed E-state index contributed by atoms with van der Waals surface area (Å²) in [6.07, 6.45) is 6.53. The predicted octanol–water partition coefficient (Wildman–Crippen LogP) is 1.53. The van der Waals surface area contributed by atoms with Gasteiger partial charge in [0.2, 0.25) is 11.8 Å². The summed E-state index contributed by atoms with van der Waals surface area (Å²) >= 11 is 0. The van der Waals surface area contributed by atoms with Gasteiger partial charge in [0, 0.05) is 26.2 Å². The van der Waals surface area contributed by atoms with E-state index in [0.717, 1.165) is 30.5 Å². The lowest BCUT2D eigenvalue weighted by atomic mass is 10.1. The summed E-state index contributed by atoms with van der Waals surface area (Å²) in [6.45, 7) is 4.36. The van der Waals surface area contributed by atoms with Crippen LogP contribution in [-0.4, -0.2) is 55.0 Å². The van der Waals surface area contributed by atoms with Crippen molar-refractivity contribution >= 4 is 11.8 Å². The third kappa shape index (κ3) is 4.54. The second-order valence-corrected chi connectivity index (χ2v) is 8.16. The summed E-state index contributed by atoms with van der Waals surface area (Å²) < 4.78 is 5.23. The molecule has 0 bridgehead atoms. The van der Waals surface area contributed by atoms with Crippen molar-refractivity contribution in [2.45, 2.75) is 45.5 Å². The summed E-state index contributed by atoms with van der Waals surface area (Å²) in [4.78, 5) is 29.1. The van der Waals surface area contributed by atoms with Crippen molar-refractivity contribution in [1.82, 2.24) is 15.1 Å². The highest BCUT2D eigenvalue weighted by Gasteiger charge is 2.52. The Labute approximate surface area is 167 Å². The average Bonchev–Trinajstić information content (AvgIpc) is 3.31. The maximum absolute atomic E-state index is 13.0. The summed E-state index contributed by atoms with van der Waals surface area (Å²) in [7, 11) is 4.04. The molecule has 1 fully saturated rings. The van der Waals surface area contributed by atoms with Gasteiger partial charge in [0.15, 0.2) is 0 Å². The third-order valence-electron chi connectivity index (χ3n) is 5.46. The van der Waals surface area contributed by atoms with E-state index in [2.05, 4.69) is 28.3 Å². The monoisotopic (exact) mass is 383 g/mol. The molecule has 1 heterocycles. The molecule has 6 heteroatoms. The fraction of sp³-hybridized carbons (Fsp3) is 0.545. The fourth-order valence-corrected chi connectivity index (χ4v) is 3.81. The van der Waals surface area contributed by atoms with Crippen molar-refractivity contribution in [3.05, 3.63) is 34.9 Å². The highest BCUT2D eigenvalue weighted by Crippen LogP contribution is 2.48. The van der Waals surface area contributed by atoms with Crippen LogP contribution in [0.2, 0.25) is 0 Å². The van der Waals surface area contributed by atoms with Crippen LogP contribution in [0.4, 0.5) is 0 Å². The zero-order chi connectivity index (χ0) is 20.3. The number of ether oxygens (including phenoxy) is 1. The summed E-state index contributed by atoms with van der Waals surface area (Å²) in [5.74, 6) is 2.44. The molecular formula is C22H29N3O3. The summed E-state index contributed by atoms with van der Waals surface area (Å²) in [6, 6.07) is 6.15. The molecule has 1 aromatic rings. The number of amides is 2. The summed E-state index contributed by atoms with van der Waals surface area (Å²) in [5.41, 5.74) is 3.18. The standard InChI is InChI=1S/C22H29N3O3/c1-5-10-28-16(2)20(26)23-12-17-6-7-18-13-25(14-19(18)11-17)21(27)22(8-9-22)15-24(3)4/h1,6-7,11,16H,8-10,12-15H2,2-4H3,(H,23,26). The van der Waals surface area contributed by atoms with Crippen LogP contribution < -0.4 is 5.32 Å². The Morgan fingerprint density at radius 1 is 1.32 bits per heavy atom. The second-order valence-electron chi connectivity index (χ2n) is 8.16. The minimum absolute atomic E-state index is 0.118. The maximum atomic E-state index is 13.0. The highest BCUT2D eigenvalue weighted by atomic mass is 16.5. The highest BCUT2D eigenvalue weighted by molar-refractivity contribution is 5.86. The SMILES string of the molecule is C#CCOC(C)C(=O)NCc1ccc2c(c1)CN(C(=O)C1(CN(C)C)CC1)C2. The molecule has 6 nitrogen and oxygen atoms in total. The Morgan fingerprint density at radius 2 is 2.04 bits per heavy atom. The van der Waals surface area contributed by atoms with Crippen LogP contribution in [0.15, 0.2) is 18.2 Å². The number of carbonyl (C=O) groups is 2. The maximum Gasteiger partial charge on any atom is 0.249 e. The molecular weight excluding hydrogens is 354 g/mol. The van der Waals surface area contributed by atoms with E-state index in [1.54, 1.807) is 6.92 Å². The molecule has 1 saturated carbocycles. The molecule has 2 aliphatic rings. The van der Waals surface area contributed by atoms with Gasteiger partial charge in [-0.1, -0.05) is 24.1 Å². The lowest BCUT2D eigenvalue weighted by molar-refractivity contribution is -0.138. The minimum atomic E-state index is -0.579. The van der Waals surface area contributed by atoms with Crippen LogP contribution in [0.3, 0.4) is 0 Å². The molecule has 1 N–H and O–H groups in total. The van der Waals surface area contributed by atoms with Crippen LogP contribution in [0, 0.1) is 17.8 Å². The molecule has 150 valence electrons. The van der Waals surface area contributed by atoms with E-state index in [1.165, 1.54) is 5.56 Å². The Balaban J connectivity index is 1.56. The molecule has 2 amide bonds. The van der Waals surface area contributed by atoms with E-state index in [-0.39, 0.29) is 23.8 Å². The van der Waals surface area contributed by atoms with Gasteiger partial charge in [-0.2, -0.15) is 0 Å². The van der Waals surface area contributed by atoms with Crippen molar-refractivity contribution in [3.8, 4) is 12.3 Å². The van der Waals surface area contributed by atoms with Gasteiger partial charge >= 0.3 is 0 Å². The lowest BCUT2D eigenvalue weighted by Gasteiger charge is -2.25. The molecule has 1 aliphatic heterocycles. The van der Waals surface area contributed by atoms with Crippen LogP contribution >= 0.6 is 0 Å². The first-order valence-electron chi connectivity index (χ1n) is 9.72. The van der Waals surface area contributed by atoms with E-state index in [4.69, 9.17) is 11.2 Å². The van der Waals surface area contributed by atoms with Gasteiger partial charge in [0.25, 0.3) is 0 Å². The normalized spacial score (nSPS) is 17.8. The topological polar surface area (TPSA) is 61.9 Å². The first-order chi connectivity index (χ1) is 13.3. The second kappa shape index (κ2) is 8.34. The molecule has 1 aromatic carbocycles. The average molecular weight is 383 g/mol. The zero-order valence-electron chi connectivity index (χ0n) is 17.0. The van der Waals surface area contributed by atoms with Crippen LogP contribution in [-0.2, 0) is 34.0 Å². The van der Waals surface area contributed by atoms with E-state index >= 15 is 0 Å². The zero-order valence-corrected chi connectivity index (χ0v) is 17.0. The van der Waals surface area contributed by atoms with Gasteiger partial charge < -0.3 is 19.9 Å². The molecule has 0 spiro atoms. The largest absolute Gasteiger partial charge is 0.356 e. The molecule has 1 unspecified atom stereocenters. The van der Waals surface area contributed by atoms with Crippen LogP contribution in [0.25, 0.3) is 0 Å². The van der Waals surface area contributed by atoms with Gasteiger partial charge in [-0.25, -0.2) is 0 Å². The number of hydrogen-bond donors (Lipinski definition) is 1. The van der Waals surface area contributed by atoms with Crippen molar-refractivity contribution in [3.63, 3.8) is 0 Å². The van der Waals surface area contributed by atoms with E-state index in [1.807, 2.05) is 25.1 Å². The van der Waals surface area contributed by atoms with E-state index in [9.17, 15) is 9.59 Å². The van der Waals surface area contributed by atoms with Gasteiger partial charge in [0.05, 0.1) is 5.41 Å². The Morgan fingerprint density at radius 3 is 2.68 bits per heavy atom. The Hall–Kier alpha value is -2.36. The van der Waals surface area contributed by atoms with Crippen molar-refractivity contribution in [2.24, 2.45) is 5.41 Å². The number of benzene rings is 1. The quantitative estimate of drug-likeness (QED) is 0.692. The number of fused-ring (bicyclic) bond motifs is 1. The third-order valence-corrected chi connectivity index (χ3v) is 5.46. The van der Waals surface area contributed by atoms with E-state index in [0.29, 0.717) is 19.6 Å². The fourth-order valence-electron chi connectivity index (χ4n) is 3.81. The Bertz CT molecular complexity index is 793. The van der Waals surface area contributed by atoms with Crippen LogP contribution in [0.5, 0.6) is 0 Å². The first kappa shape index (κ1) is 20.4. The predicted molar refractivity (Wildman–Crippen MR) is 107 cm³/mol. The molecule has 0 aromatic heterocycles.